The molecule has 3 unspecified atom stereocenters. The van der Waals surface area contributed by atoms with Crippen LogP contribution in [0.25, 0.3) is 10.9 Å². The molecule has 24 heavy (non-hydrogen) atoms. The molecule has 128 valence electrons. The van der Waals surface area contributed by atoms with Crippen LogP contribution in [0.5, 0.6) is 5.75 Å². The van der Waals surface area contributed by atoms with Crippen LogP contribution in [0.3, 0.4) is 0 Å². The molecule has 2 fully saturated rings. The van der Waals surface area contributed by atoms with Crippen molar-refractivity contribution in [2.24, 2.45) is 0 Å². The van der Waals surface area contributed by atoms with Crippen LogP contribution in [0.1, 0.15) is 19.3 Å². The maximum atomic E-state index is 9.78. The van der Waals surface area contributed by atoms with Gasteiger partial charge in [-0.15, -0.1) is 0 Å². The van der Waals surface area contributed by atoms with Crippen molar-refractivity contribution in [1.29, 1.82) is 0 Å². The Morgan fingerprint density at radius 2 is 2.04 bits per heavy atom. The van der Waals surface area contributed by atoms with Crippen LogP contribution in [0.4, 0.5) is 5.82 Å². The third-order valence-corrected chi connectivity index (χ3v) is 4.79. The third kappa shape index (κ3) is 3.17. The number of nitrogens with zero attached hydrogens (tertiary/aromatic N) is 1. The minimum atomic E-state index is -0.901. The number of benzene rings is 1. The monoisotopic (exact) mass is 330 g/mol. The molecule has 2 heterocycles. The third-order valence-electron chi connectivity index (χ3n) is 4.79. The Bertz CT molecular complexity index is 719. The van der Waals surface area contributed by atoms with Gasteiger partial charge < -0.3 is 25.0 Å². The quantitative estimate of drug-likeness (QED) is 0.774. The van der Waals surface area contributed by atoms with Crippen molar-refractivity contribution < 1.29 is 19.7 Å². The molecular weight excluding hydrogens is 308 g/mol. The number of hydrogen-bond acceptors (Lipinski definition) is 6. The molecule has 1 saturated heterocycles. The first-order valence-corrected chi connectivity index (χ1v) is 8.47. The summed E-state index contributed by atoms with van der Waals surface area (Å²) in [5.74, 6) is 1.56. The Morgan fingerprint density at radius 3 is 2.75 bits per heavy atom. The first-order chi connectivity index (χ1) is 11.7. The zero-order valence-electron chi connectivity index (χ0n) is 13.4. The number of nitrogens with one attached hydrogen (secondary N) is 1. The van der Waals surface area contributed by atoms with E-state index < -0.39 is 18.3 Å². The fourth-order valence-corrected chi connectivity index (χ4v) is 3.02. The fourth-order valence-electron chi connectivity index (χ4n) is 3.02. The molecular formula is C18H22N2O4. The number of aliphatic hydroxyl groups excluding tert-OH is 2. The van der Waals surface area contributed by atoms with Crippen molar-refractivity contribution >= 4 is 16.7 Å². The van der Waals surface area contributed by atoms with Gasteiger partial charge in [-0.05, 0) is 43.5 Å². The Hall–Kier alpha value is -1.89. The molecule has 2 aromatic rings. The molecule has 4 rings (SSSR count). The molecule has 1 aromatic heterocycles. The van der Waals surface area contributed by atoms with Gasteiger partial charge in [-0.1, -0.05) is 0 Å². The predicted octanol–water partition coefficient (Wildman–Crippen LogP) is 1.70. The summed E-state index contributed by atoms with van der Waals surface area (Å²) < 4.78 is 11.0. The lowest BCUT2D eigenvalue weighted by atomic mass is 9.93. The molecule has 1 saturated carbocycles. The molecule has 0 radical (unpaired) electrons. The van der Waals surface area contributed by atoms with E-state index >= 15 is 0 Å². The second kappa shape index (κ2) is 6.55. The molecule has 3 N–H and O–H groups in total. The van der Waals surface area contributed by atoms with Crippen LogP contribution in [0, 0.1) is 0 Å². The van der Waals surface area contributed by atoms with Crippen LogP contribution in [0.2, 0.25) is 0 Å². The summed E-state index contributed by atoms with van der Waals surface area (Å²) in [5.41, 5.74) is 0.866. The highest BCUT2D eigenvalue weighted by Gasteiger charge is 2.34. The van der Waals surface area contributed by atoms with E-state index in [1.165, 1.54) is 19.3 Å². The van der Waals surface area contributed by atoms with Gasteiger partial charge in [-0.3, -0.25) is 0 Å². The SMILES string of the molecule is OC1COC(COc2ccc3ccc(NC4CCC4)nc3c2)C1O. The average molecular weight is 330 g/mol. The maximum Gasteiger partial charge on any atom is 0.126 e. The lowest BCUT2D eigenvalue weighted by Crippen LogP contribution is -2.33. The van der Waals surface area contributed by atoms with Gasteiger partial charge in [0.15, 0.2) is 0 Å². The standard InChI is InChI=1S/C18H22N2O4/c21-15-9-24-16(18(15)22)10-23-13-6-4-11-5-7-17(20-14(11)8-13)19-12-2-1-3-12/h4-8,12,15-16,18,21-22H,1-3,9-10H2,(H,19,20). The van der Waals surface area contributed by atoms with E-state index in [-0.39, 0.29) is 13.2 Å². The normalized spacial score (nSPS) is 27.2. The second-order valence-corrected chi connectivity index (χ2v) is 6.56. The molecule has 6 nitrogen and oxygen atoms in total. The van der Waals surface area contributed by atoms with Gasteiger partial charge in [-0.25, -0.2) is 4.98 Å². The Labute approximate surface area is 140 Å². The van der Waals surface area contributed by atoms with Crippen molar-refractivity contribution in [2.75, 3.05) is 18.5 Å². The summed E-state index contributed by atoms with van der Waals surface area (Å²) in [5, 5.41) is 23.8. The summed E-state index contributed by atoms with van der Waals surface area (Å²) in [6.45, 7) is 0.342. The first-order valence-electron chi connectivity index (χ1n) is 8.47. The summed E-state index contributed by atoms with van der Waals surface area (Å²) in [6.07, 6.45) is 1.46. The van der Waals surface area contributed by atoms with Gasteiger partial charge in [0.1, 0.15) is 36.5 Å². The van der Waals surface area contributed by atoms with Crippen molar-refractivity contribution in [3.05, 3.63) is 30.3 Å². The van der Waals surface area contributed by atoms with Crippen molar-refractivity contribution in [2.45, 2.75) is 43.6 Å². The number of anilines is 1. The van der Waals surface area contributed by atoms with Crippen molar-refractivity contribution in [3.63, 3.8) is 0 Å². The van der Waals surface area contributed by atoms with Crippen LogP contribution in [0.15, 0.2) is 30.3 Å². The first kappa shape index (κ1) is 15.6. The molecule has 0 spiro atoms. The van der Waals surface area contributed by atoms with Crippen molar-refractivity contribution in [1.82, 2.24) is 4.98 Å². The van der Waals surface area contributed by atoms with Gasteiger partial charge in [0.05, 0.1) is 12.1 Å². The van der Waals surface area contributed by atoms with Gasteiger partial charge in [-0.2, -0.15) is 0 Å². The van der Waals surface area contributed by atoms with E-state index in [2.05, 4.69) is 10.3 Å². The highest BCUT2D eigenvalue weighted by atomic mass is 16.6. The Kier molecular flexibility index (Phi) is 4.26. The topological polar surface area (TPSA) is 83.8 Å². The summed E-state index contributed by atoms with van der Waals surface area (Å²) >= 11 is 0. The van der Waals surface area contributed by atoms with E-state index in [9.17, 15) is 10.2 Å². The average Bonchev–Trinajstić information content (AvgIpc) is 2.87. The zero-order valence-corrected chi connectivity index (χ0v) is 13.4. The minimum absolute atomic E-state index is 0.144. The Morgan fingerprint density at radius 1 is 1.21 bits per heavy atom. The van der Waals surface area contributed by atoms with E-state index in [4.69, 9.17) is 9.47 Å². The van der Waals surface area contributed by atoms with E-state index in [0.29, 0.717) is 11.8 Å². The van der Waals surface area contributed by atoms with E-state index in [1.807, 2.05) is 30.3 Å². The largest absolute Gasteiger partial charge is 0.491 e. The number of rotatable bonds is 5. The predicted molar refractivity (Wildman–Crippen MR) is 90.3 cm³/mol. The number of hydrogen-bond donors (Lipinski definition) is 3. The van der Waals surface area contributed by atoms with Gasteiger partial charge in [0.2, 0.25) is 0 Å². The van der Waals surface area contributed by atoms with E-state index in [1.54, 1.807) is 0 Å². The number of pyridine rings is 1. The summed E-state index contributed by atoms with van der Waals surface area (Å²) in [6, 6.07) is 10.3. The van der Waals surface area contributed by atoms with Crippen molar-refractivity contribution in [3.8, 4) is 5.75 Å². The smallest absolute Gasteiger partial charge is 0.126 e. The van der Waals surface area contributed by atoms with Crippen LogP contribution in [-0.4, -0.2) is 52.8 Å². The van der Waals surface area contributed by atoms with E-state index in [0.717, 1.165) is 16.7 Å². The van der Waals surface area contributed by atoms with Crippen LogP contribution >= 0.6 is 0 Å². The highest BCUT2D eigenvalue weighted by Crippen LogP contribution is 2.25. The fraction of sp³-hybridized carbons (Fsp3) is 0.500. The van der Waals surface area contributed by atoms with Gasteiger partial charge in [0, 0.05) is 17.5 Å². The number of ether oxygens (including phenoxy) is 2. The minimum Gasteiger partial charge on any atom is -0.491 e. The molecule has 2 aliphatic rings. The molecule has 1 aromatic carbocycles. The van der Waals surface area contributed by atoms with Gasteiger partial charge in [0.25, 0.3) is 0 Å². The zero-order chi connectivity index (χ0) is 16.5. The summed E-state index contributed by atoms with van der Waals surface area (Å²) in [7, 11) is 0. The molecule has 3 atom stereocenters. The van der Waals surface area contributed by atoms with Crippen LogP contribution in [-0.2, 0) is 4.74 Å². The number of fused-ring (bicyclic) bond motifs is 1. The summed E-state index contributed by atoms with van der Waals surface area (Å²) in [4.78, 5) is 4.65. The lowest BCUT2D eigenvalue weighted by Gasteiger charge is -2.26. The molecule has 0 amide bonds. The molecule has 6 heteroatoms. The second-order valence-electron chi connectivity index (χ2n) is 6.56. The number of aromatic nitrogens is 1. The molecule has 1 aliphatic carbocycles. The lowest BCUT2D eigenvalue weighted by molar-refractivity contribution is -0.0000674. The molecule has 0 bridgehead atoms. The molecule has 1 aliphatic heterocycles. The highest BCUT2D eigenvalue weighted by molar-refractivity contribution is 5.81. The number of aliphatic hydroxyl groups is 2. The maximum absolute atomic E-state index is 9.78. The Balaban J connectivity index is 1.45. The van der Waals surface area contributed by atoms with Gasteiger partial charge >= 0.3 is 0 Å². The van der Waals surface area contributed by atoms with Crippen LogP contribution < -0.4 is 10.1 Å².